The van der Waals surface area contributed by atoms with E-state index in [2.05, 4.69) is 0 Å². The number of ether oxygens (including phenoxy) is 4. The summed E-state index contributed by atoms with van der Waals surface area (Å²) in [6, 6.07) is 0. The molecule has 1 saturated heterocycles. The molecule has 1 heterocycles. The Morgan fingerprint density at radius 3 is 2.29 bits per heavy atom. The van der Waals surface area contributed by atoms with E-state index < -0.39 is 71.0 Å². The van der Waals surface area contributed by atoms with Crippen LogP contribution in [-0.4, -0.2) is 80.4 Å². The van der Waals surface area contributed by atoms with Crippen molar-refractivity contribution in [3.05, 3.63) is 11.1 Å². The molecular weight excluding hydrogens is 464 g/mol. The highest BCUT2D eigenvalue weighted by molar-refractivity contribution is 5.85. The zero-order chi connectivity index (χ0) is 26.5. The molecule has 0 aromatic rings. The van der Waals surface area contributed by atoms with Gasteiger partial charge in [-0.3, -0.25) is 14.4 Å². The van der Waals surface area contributed by atoms with Gasteiger partial charge >= 0.3 is 23.9 Å². The second kappa shape index (κ2) is 9.18. The van der Waals surface area contributed by atoms with Gasteiger partial charge in [-0.2, -0.15) is 0 Å². The second-order valence-electron chi connectivity index (χ2n) is 10.0. The Labute approximate surface area is 203 Å². The van der Waals surface area contributed by atoms with Crippen molar-refractivity contribution in [2.75, 3.05) is 0 Å². The molecule has 2 aliphatic carbocycles. The summed E-state index contributed by atoms with van der Waals surface area (Å²) in [4.78, 5) is 49.4. The van der Waals surface area contributed by atoms with Crippen LogP contribution in [0.15, 0.2) is 11.1 Å². The van der Waals surface area contributed by atoms with E-state index >= 15 is 0 Å². The fraction of sp³-hybridized carbons (Fsp3) is 0.750. The van der Waals surface area contributed by atoms with Crippen molar-refractivity contribution in [1.29, 1.82) is 0 Å². The predicted molar refractivity (Wildman–Crippen MR) is 117 cm³/mol. The molecule has 0 aromatic heterocycles. The highest BCUT2D eigenvalue weighted by Gasteiger charge is 2.75. The SMILES string of the molecule is CCCCC(=O)O[C@H]1[C@H]2C(=C(C)[C@@H]1O)[C@@H]1OC(=O)[C@@](C)(O)[C@@]1(O)[C@@H](OC(C)=O)C[C@]2(C)OC(C)=O. The Balaban J connectivity index is 2.23. The van der Waals surface area contributed by atoms with Crippen molar-refractivity contribution in [3.63, 3.8) is 0 Å². The lowest BCUT2D eigenvalue weighted by Gasteiger charge is -2.41. The first-order valence-electron chi connectivity index (χ1n) is 11.7. The number of carbonyl (C=O) groups is 4. The van der Waals surface area contributed by atoms with Gasteiger partial charge in [0.1, 0.15) is 23.9 Å². The molecular formula is C24H34O11. The van der Waals surface area contributed by atoms with Gasteiger partial charge in [-0.25, -0.2) is 4.79 Å². The maximum absolute atomic E-state index is 12.7. The Kier molecular flexibility index (Phi) is 7.11. The van der Waals surface area contributed by atoms with Crippen molar-refractivity contribution in [3.8, 4) is 0 Å². The highest BCUT2D eigenvalue weighted by Crippen LogP contribution is 2.57. The molecule has 8 atom stereocenters. The quantitative estimate of drug-likeness (QED) is 0.264. The van der Waals surface area contributed by atoms with Gasteiger partial charge in [-0.1, -0.05) is 13.3 Å². The van der Waals surface area contributed by atoms with Crippen LogP contribution < -0.4 is 0 Å². The Morgan fingerprint density at radius 2 is 1.74 bits per heavy atom. The maximum atomic E-state index is 12.7. The predicted octanol–water partition coefficient (Wildman–Crippen LogP) is 0.460. The monoisotopic (exact) mass is 498 g/mol. The van der Waals surface area contributed by atoms with E-state index in [1.165, 1.54) is 13.8 Å². The normalized spacial score (nSPS) is 40.4. The van der Waals surface area contributed by atoms with Gasteiger partial charge in [0.05, 0.1) is 5.92 Å². The summed E-state index contributed by atoms with van der Waals surface area (Å²) in [5, 5.41) is 34.0. The van der Waals surface area contributed by atoms with Crippen LogP contribution in [0.1, 0.15) is 67.2 Å². The first-order chi connectivity index (χ1) is 16.1. The van der Waals surface area contributed by atoms with Crippen LogP contribution in [0.5, 0.6) is 0 Å². The standard InChI is InChI=1S/C24H34O11/c1-7-8-9-15(27)33-19-17-16(11(2)18(19)28)20-24(31,23(6,30)21(29)34-20)14(32-12(3)25)10-22(17,5)35-13(4)26/h14,17-20,28,30-31H,7-10H2,1-6H3/t14-,17+,18-,19-,20-,22-,23+,24+/m0/s1. The van der Waals surface area contributed by atoms with Gasteiger partial charge in [0.25, 0.3) is 0 Å². The first kappa shape index (κ1) is 27.1. The summed E-state index contributed by atoms with van der Waals surface area (Å²) < 4.78 is 22.2. The highest BCUT2D eigenvalue weighted by atomic mass is 16.6. The molecule has 2 fully saturated rings. The minimum atomic E-state index is -2.52. The molecule has 3 N–H and O–H groups in total. The third kappa shape index (κ3) is 4.23. The van der Waals surface area contributed by atoms with Gasteiger partial charge in [0.2, 0.25) is 0 Å². The fourth-order valence-corrected chi connectivity index (χ4v) is 5.66. The van der Waals surface area contributed by atoms with Gasteiger partial charge < -0.3 is 34.3 Å². The summed E-state index contributed by atoms with van der Waals surface area (Å²) in [5.74, 6) is -4.35. The summed E-state index contributed by atoms with van der Waals surface area (Å²) >= 11 is 0. The van der Waals surface area contributed by atoms with Crippen molar-refractivity contribution in [2.45, 2.75) is 108 Å². The van der Waals surface area contributed by atoms with Gasteiger partial charge in [0, 0.05) is 26.7 Å². The van der Waals surface area contributed by atoms with E-state index in [-0.39, 0.29) is 24.0 Å². The molecule has 3 rings (SSSR count). The number of aliphatic hydroxyl groups excluding tert-OH is 1. The topological polar surface area (TPSA) is 166 Å². The third-order valence-electron chi connectivity index (χ3n) is 7.38. The molecule has 0 spiro atoms. The number of hydrogen-bond donors (Lipinski definition) is 3. The Morgan fingerprint density at radius 1 is 1.11 bits per heavy atom. The van der Waals surface area contributed by atoms with Crippen LogP contribution in [0.4, 0.5) is 0 Å². The van der Waals surface area contributed by atoms with Crippen molar-refractivity contribution >= 4 is 23.9 Å². The molecule has 0 radical (unpaired) electrons. The van der Waals surface area contributed by atoms with Crippen LogP contribution in [0.25, 0.3) is 0 Å². The van der Waals surface area contributed by atoms with Gasteiger partial charge in [-0.05, 0) is 38.3 Å². The summed E-state index contributed by atoms with van der Waals surface area (Å²) in [5.41, 5.74) is -6.25. The minimum absolute atomic E-state index is 0.0955. The number of hydrogen-bond acceptors (Lipinski definition) is 11. The summed E-state index contributed by atoms with van der Waals surface area (Å²) in [7, 11) is 0. The fourth-order valence-electron chi connectivity index (χ4n) is 5.66. The number of aliphatic hydroxyl groups is 3. The molecule has 0 aromatic carbocycles. The van der Waals surface area contributed by atoms with E-state index in [4.69, 9.17) is 18.9 Å². The van der Waals surface area contributed by atoms with Crippen molar-refractivity contribution in [1.82, 2.24) is 0 Å². The van der Waals surface area contributed by atoms with Gasteiger partial charge in [-0.15, -0.1) is 0 Å². The van der Waals surface area contributed by atoms with Crippen LogP contribution in [0, 0.1) is 5.92 Å². The van der Waals surface area contributed by atoms with Crippen LogP contribution in [0.2, 0.25) is 0 Å². The molecule has 35 heavy (non-hydrogen) atoms. The molecule has 11 nitrogen and oxygen atoms in total. The van der Waals surface area contributed by atoms with Crippen LogP contribution >= 0.6 is 0 Å². The van der Waals surface area contributed by atoms with E-state index in [1.807, 2.05) is 6.92 Å². The third-order valence-corrected chi connectivity index (χ3v) is 7.38. The number of carbonyl (C=O) groups excluding carboxylic acids is 4. The Hall–Kier alpha value is -2.50. The van der Waals surface area contributed by atoms with Crippen LogP contribution in [0.3, 0.4) is 0 Å². The Bertz CT molecular complexity index is 953. The van der Waals surface area contributed by atoms with E-state index in [1.54, 1.807) is 0 Å². The molecule has 0 amide bonds. The molecule has 0 bridgehead atoms. The molecule has 0 unspecified atom stereocenters. The average molecular weight is 499 g/mol. The zero-order valence-electron chi connectivity index (χ0n) is 20.8. The lowest BCUT2D eigenvalue weighted by molar-refractivity contribution is -0.210. The zero-order valence-corrected chi connectivity index (χ0v) is 20.8. The number of unbranched alkanes of at least 4 members (excludes halogenated alkanes) is 1. The summed E-state index contributed by atoms with van der Waals surface area (Å²) in [6.07, 6.45) is -4.74. The number of fused-ring (bicyclic) bond motifs is 3. The van der Waals surface area contributed by atoms with E-state index in [0.29, 0.717) is 6.42 Å². The average Bonchev–Trinajstić information content (AvgIpc) is 3.05. The molecule has 1 saturated carbocycles. The molecule has 3 aliphatic rings. The lowest BCUT2D eigenvalue weighted by Crippen LogP contribution is -2.64. The molecule has 1 aliphatic heterocycles. The smallest absolute Gasteiger partial charge is 0.341 e. The van der Waals surface area contributed by atoms with Gasteiger partial charge in [0.15, 0.2) is 17.3 Å². The van der Waals surface area contributed by atoms with Crippen molar-refractivity contribution < 1.29 is 53.4 Å². The minimum Gasteiger partial charge on any atom is -0.459 e. The van der Waals surface area contributed by atoms with E-state index in [9.17, 15) is 34.5 Å². The first-order valence-corrected chi connectivity index (χ1v) is 11.7. The largest absolute Gasteiger partial charge is 0.459 e. The number of rotatable bonds is 6. The van der Waals surface area contributed by atoms with Crippen LogP contribution in [-0.2, 0) is 38.1 Å². The van der Waals surface area contributed by atoms with E-state index in [0.717, 1.165) is 27.2 Å². The second-order valence-corrected chi connectivity index (χ2v) is 10.0. The molecule has 11 heteroatoms. The number of esters is 4. The van der Waals surface area contributed by atoms with Crippen molar-refractivity contribution in [2.24, 2.45) is 5.92 Å². The molecule has 196 valence electrons. The summed E-state index contributed by atoms with van der Waals surface area (Å²) in [6.45, 7) is 8.20. The lowest BCUT2D eigenvalue weighted by atomic mass is 9.75. The maximum Gasteiger partial charge on any atom is 0.341 e.